The van der Waals surface area contributed by atoms with Gasteiger partial charge in [-0.05, 0) is 59.5 Å². The van der Waals surface area contributed by atoms with Crippen LogP contribution >= 0.6 is 0 Å². The zero-order chi connectivity index (χ0) is 21.4. The molecule has 2 aromatic heterocycles. The molecule has 0 aliphatic carbocycles. The number of amides is 1. The van der Waals surface area contributed by atoms with E-state index in [1.807, 2.05) is 55.5 Å². The van der Waals surface area contributed by atoms with Crippen molar-refractivity contribution in [3.63, 3.8) is 0 Å². The monoisotopic (exact) mass is 412 g/mol. The van der Waals surface area contributed by atoms with E-state index in [2.05, 4.69) is 21.2 Å². The molecule has 0 saturated carbocycles. The predicted octanol–water partition coefficient (Wildman–Crippen LogP) is 3.61. The first kappa shape index (κ1) is 19.5. The van der Waals surface area contributed by atoms with Crippen molar-refractivity contribution in [2.24, 2.45) is 5.92 Å². The van der Waals surface area contributed by atoms with E-state index in [0.29, 0.717) is 25.1 Å². The number of aromatic nitrogens is 3. The highest BCUT2D eigenvalue weighted by molar-refractivity contribution is 6.10. The number of pyridine rings is 1. The van der Waals surface area contributed by atoms with Gasteiger partial charge in [-0.3, -0.25) is 14.9 Å². The summed E-state index contributed by atoms with van der Waals surface area (Å²) in [5.41, 5.74) is 4.72. The molecule has 1 aliphatic rings. The van der Waals surface area contributed by atoms with Crippen LogP contribution in [0.25, 0.3) is 21.9 Å². The summed E-state index contributed by atoms with van der Waals surface area (Å²) in [5, 5.41) is 19.8. The Bertz CT molecular complexity index is 1230. The highest BCUT2D eigenvalue weighted by Gasteiger charge is 2.35. The number of rotatable bonds is 4. The molecule has 2 aromatic carbocycles. The van der Waals surface area contributed by atoms with Crippen LogP contribution in [-0.2, 0) is 6.42 Å². The number of nitrogens with zero attached hydrogens (tertiary/aromatic N) is 3. The Morgan fingerprint density at radius 1 is 1.10 bits per heavy atom. The first-order valence-electron chi connectivity index (χ1n) is 10.5. The van der Waals surface area contributed by atoms with Gasteiger partial charge in [0.25, 0.3) is 5.91 Å². The molecule has 31 heavy (non-hydrogen) atoms. The van der Waals surface area contributed by atoms with Crippen LogP contribution in [0.3, 0.4) is 0 Å². The molecule has 6 nitrogen and oxygen atoms in total. The molecule has 1 amide bonds. The quantitative estimate of drug-likeness (QED) is 0.537. The van der Waals surface area contributed by atoms with Crippen molar-refractivity contribution in [1.29, 1.82) is 0 Å². The molecule has 1 saturated heterocycles. The number of hydrogen-bond acceptors (Lipinski definition) is 4. The van der Waals surface area contributed by atoms with Crippen LogP contribution in [0.1, 0.15) is 21.7 Å². The molecular weight excluding hydrogens is 388 g/mol. The lowest BCUT2D eigenvalue weighted by molar-refractivity contribution is 0.0766. The van der Waals surface area contributed by atoms with Gasteiger partial charge in [0.15, 0.2) is 0 Å². The molecule has 0 spiro atoms. The molecule has 4 aromatic rings. The van der Waals surface area contributed by atoms with E-state index in [0.717, 1.165) is 33.3 Å². The van der Waals surface area contributed by atoms with E-state index in [1.165, 1.54) is 0 Å². The molecule has 0 radical (unpaired) electrons. The minimum absolute atomic E-state index is 0.0194. The van der Waals surface area contributed by atoms with Crippen LogP contribution in [0, 0.1) is 12.8 Å². The summed E-state index contributed by atoms with van der Waals surface area (Å²) in [5.74, 6) is -0.0637. The molecule has 0 unspecified atom stereocenters. The molecule has 2 atom stereocenters. The second-order valence-electron chi connectivity index (χ2n) is 8.23. The minimum atomic E-state index is -0.552. The summed E-state index contributed by atoms with van der Waals surface area (Å²) in [7, 11) is 0. The smallest absolute Gasteiger partial charge is 0.254 e. The van der Waals surface area contributed by atoms with Crippen molar-refractivity contribution in [3.8, 4) is 11.1 Å². The molecule has 0 bridgehead atoms. The summed E-state index contributed by atoms with van der Waals surface area (Å²) in [6.07, 6.45) is 3.64. The first-order chi connectivity index (χ1) is 15.1. The summed E-state index contributed by atoms with van der Waals surface area (Å²) < 4.78 is 0. The van der Waals surface area contributed by atoms with Gasteiger partial charge in [-0.15, -0.1) is 0 Å². The van der Waals surface area contributed by atoms with Crippen molar-refractivity contribution < 1.29 is 9.90 Å². The fourth-order valence-electron chi connectivity index (χ4n) is 4.52. The van der Waals surface area contributed by atoms with Gasteiger partial charge in [-0.25, -0.2) is 0 Å². The number of hydrogen-bond donors (Lipinski definition) is 2. The van der Waals surface area contributed by atoms with Crippen LogP contribution in [0.15, 0.2) is 67.0 Å². The maximum Gasteiger partial charge on any atom is 0.254 e. The zero-order valence-corrected chi connectivity index (χ0v) is 17.3. The fraction of sp³-hybridized carbons (Fsp3) is 0.240. The fourth-order valence-corrected chi connectivity index (χ4v) is 4.52. The first-order valence-corrected chi connectivity index (χ1v) is 10.5. The number of aliphatic hydroxyl groups is 1. The number of fused-ring (bicyclic) bond motifs is 1. The van der Waals surface area contributed by atoms with Crippen molar-refractivity contribution >= 4 is 16.7 Å². The predicted molar refractivity (Wildman–Crippen MR) is 120 cm³/mol. The lowest BCUT2D eigenvalue weighted by Crippen LogP contribution is -2.29. The number of benzene rings is 2. The average molecular weight is 412 g/mol. The van der Waals surface area contributed by atoms with E-state index in [4.69, 9.17) is 0 Å². The molecule has 156 valence electrons. The molecule has 3 heterocycles. The van der Waals surface area contributed by atoms with Gasteiger partial charge in [0.1, 0.15) is 0 Å². The van der Waals surface area contributed by atoms with E-state index in [-0.39, 0.29) is 11.8 Å². The lowest BCUT2D eigenvalue weighted by Gasteiger charge is -2.18. The van der Waals surface area contributed by atoms with Crippen molar-refractivity contribution in [3.05, 3.63) is 83.9 Å². The Morgan fingerprint density at radius 2 is 1.87 bits per heavy atom. The van der Waals surface area contributed by atoms with Crippen LogP contribution in [-0.4, -0.2) is 50.3 Å². The van der Waals surface area contributed by atoms with Gasteiger partial charge >= 0.3 is 0 Å². The van der Waals surface area contributed by atoms with Crippen LogP contribution in [0.2, 0.25) is 0 Å². The van der Waals surface area contributed by atoms with E-state index in [1.54, 1.807) is 17.3 Å². The highest BCUT2D eigenvalue weighted by Crippen LogP contribution is 2.31. The van der Waals surface area contributed by atoms with Crippen LogP contribution < -0.4 is 0 Å². The average Bonchev–Trinajstić information content (AvgIpc) is 3.38. The number of nitrogens with one attached hydrogen (secondary N) is 1. The lowest BCUT2D eigenvalue weighted by atomic mass is 9.95. The molecule has 5 rings (SSSR count). The SMILES string of the molecule is Cc1cc(C[C@@H]2CN(C(=O)c3cccc4c(-c5ccncc5)cccc34)C[C@H]2O)n[nH]1. The number of carbonyl (C=O) groups is 1. The maximum atomic E-state index is 13.4. The number of likely N-dealkylation sites (tertiary alicyclic amines) is 1. The second kappa shape index (κ2) is 7.96. The van der Waals surface area contributed by atoms with Gasteiger partial charge in [0, 0.05) is 42.7 Å². The van der Waals surface area contributed by atoms with E-state index in [9.17, 15) is 9.90 Å². The van der Waals surface area contributed by atoms with Gasteiger partial charge in [0.2, 0.25) is 0 Å². The Labute approximate surface area is 180 Å². The van der Waals surface area contributed by atoms with Gasteiger partial charge in [-0.1, -0.05) is 30.3 Å². The Morgan fingerprint density at radius 3 is 2.65 bits per heavy atom. The van der Waals surface area contributed by atoms with Gasteiger partial charge in [0.05, 0.1) is 11.8 Å². The van der Waals surface area contributed by atoms with Crippen LogP contribution in [0.5, 0.6) is 0 Å². The Hall–Kier alpha value is -3.51. The molecule has 1 aliphatic heterocycles. The van der Waals surface area contributed by atoms with E-state index >= 15 is 0 Å². The topological polar surface area (TPSA) is 82.1 Å². The number of aromatic amines is 1. The number of carbonyl (C=O) groups excluding carboxylic acids is 1. The molecule has 1 fully saturated rings. The molecular formula is C25H24N4O2. The highest BCUT2D eigenvalue weighted by atomic mass is 16.3. The Kier molecular flexibility index (Phi) is 5.00. The summed E-state index contributed by atoms with van der Waals surface area (Å²) in [4.78, 5) is 19.3. The van der Waals surface area contributed by atoms with Gasteiger partial charge in [-0.2, -0.15) is 5.10 Å². The van der Waals surface area contributed by atoms with E-state index < -0.39 is 6.10 Å². The third-order valence-corrected chi connectivity index (χ3v) is 6.07. The second-order valence-corrected chi connectivity index (χ2v) is 8.23. The normalized spacial score (nSPS) is 18.6. The van der Waals surface area contributed by atoms with Gasteiger partial charge < -0.3 is 10.0 Å². The minimum Gasteiger partial charge on any atom is -0.391 e. The zero-order valence-electron chi connectivity index (χ0n) is 17.3. The third kappa shape index (κ3) is 3.70. The molecule has 6 heteroatoms. The summed E-state index contributed by atoms with van der Waals surface area (Å²) >= 11 is 0. The van der Waals surface area contributed by atoms with Crippen molar-refractivity contribution in [2.75, 3.05) is 13.1 Å². The third-order valence-electron chi connectivity index (χ3n) is 6.07. The van der Waals surface area contributed by atoms with Crippen molar-refractivity contribution in [2.45, 2.75) is 19.4 Å². The maximum absolute atomic E-state index is 13.4. The summed E-state index contributed by atoms with van der Waals surface area (Å²) in [6, 6.07) is 17.8. The standard InChI is InChI=1S/C25H24N4O2/c1-16-12-19(28-27-16)13-18-14-29(15-24(18)30)25(31)23-7-3-5-21-20(4-2-6-22(21)23)17-8-10-26-11-9-17/h2-12,18,24,30H,13-15H2,1H3,(H,27,28)/t18-,24-/m1/s1. The number of aryl methyl sites for hydroxylation is 1. The number of aliphatic hydroxyl groups excluding tert-OH is 1. The van der Waals surface area contributed by atoms with Crippen LogP contribution in [0.4, 0.5) is 0 Å². The summed E-state index contributed by atoms with van der Waals surface area (Å²) in [6.45, 7) is 2.82. The molecule has 2 N–H and O–H groups in total. The number of H-pyrrole nitrogens is 1. The Balaban J connectivity index is 1.44. The largest absolute Gasteiger partial charge is 0.391 e. The number of β-amino-alcohol motifs (C(OH)–C–C–N with tert-alkyl or cyclic N) is 1. The van der Waals surface area contributed by atoms with Crippen molar-refractivity contribution in [1.82, 2.24) is 20.1 Å².